The summed E-state index contributed by atoms with van der Waals surface area (Å²) in [5.74, 6) is -0.355. The number of aryl methyl sites for hydroxylation is 1. The van der Waals surface area contributed by atoms with Crippen molar-refractivity contribution >= 4 is 18.3 Å². The van der Waals surface area contributed by atoms with E-state index in [4.69, 9.17) is 19.4 Å². The van der Waals surface area contributed by atoms with E-state index >= 15 is 0 Å². The minimum absolute atomic E-state index is 0.0178. The highest BCUT2D eigenvalue weighted by Gasteiger charge is 2.43. The number of hydrogen-bond acceptors (Lipinski definition) is 6. The lowest BCUT2D eigenvalue weighted by Crippen LogP contribution is -2.51. The van der Waals surface area contributed by atoms with Crippen molar-refractivity contribution in [3.8, 4) is 0 Å². The van der Waals surface area contributed by atoms with Gasteiger partial charge in [-0.25, -0.2) is 4.79 Å². The molecule has 1 aliphatic carbocycles. The number of aliphatic hydroxyl groups is 1. The molecule has 1 saturated heterocycles. The summed E-state index contributed by atoms with van der Waals surface area (Å²) in [6, 6.07) is -0.0209. The number of aromatic nitrogens is 1. The second kappa shape index (κ2) is 9.70. The zero-order chi connectivity index (χ0) is 20.8. The van der Waals surface area contributed by atoms with E-state index in [1.54, 1.807) is 20.8 Å². The van der Waals surface area contributed by atoms with Gasteiger partial charge in [-0.1, -0.05) is 0 Å². The van der Waals surface area contributed by atoms with Crippen LogP contribution in [-0.2, 0) is 14.3 Å². The lowest BCUT2D eigenvalue weighted by molar-refractivity contribution is -0.122. The van der Waals surface area contributed by atoms with Crippen molar-refractivity contribution in [2.45, 2.75) is 45.8 Å². The number of carbonyl (C=O) groups is 3. The summed E-state index contributed by atoms with van der Waals surface area (Å²) in [6.07, 6.45) is 1.51. The molecular formula is C19H28N2O7. The molecule has 0 aromatic carbocycles. The molecule has 1 aromatic rings. The van der Waals surface area contributed by atoms with Crippen molar-refractivity contribution in [2.24, 2.45) is 5.92 Å². The first-order chi connectivity index (χ1) is 13.4. The van der Waals surface area contributed by atoms with Crippen LogP contribution >= 0.6 is 0 Å². The maximum atomic E-state index is 13.1. The maximum absolute atomic E-state index is 13.1. The Bertz CT molecular complexity index is 715. The number of morpholine rings is 1. The Labute approximate surface area is 163 Å². The molecule has 0 bridgehead atoms. The van der Waals surface area contributed by atoms with Gasteiger partial charge < -0.3 is 29.6 Å². The average molecular weight is 396 g/mol. The van der Waals surface area contributed by atoms with Crippen LogP contribution in [0.5, 0.6) is 0 Å². The van der Waals surface area contributed by atoms with Crippen LogP contribution < -0.4 is 0 Å². The zero-order valence-electron chi connectivity index (χ0n) is 16.4. The van der Waals surface area contributed by atoms with Crippen molar-refractivity contribution in [1.82, 2.24) is 9.88 Å². The molecule has 9 heteroatoms. The Morgan fingerprint density at radius 3 is 2.64 bits per heavy atom. The number of aromatic amines is 1. The van der Waals surface area contributed by atoms with Crippen LogP contribution in [0.15, 0.2) is 0 Å². The molecule has 0 radical (unpaired) electrons. The molecule has 2 fully saturated rings. The van der Waals surface area contributed by atoms with Gasteiger partial charge in [0.1, 0.15) is 5.69 Å². The summed E-state index contributed by atoms with van der Waals surface area (Å²) < 4.78 is 10.9. The lowest BCUT2D eigenvalue weighted by Gasteiger charge is -2.37. The number of ether oxygens (including phenoxy) is 2. The zero-order valence-corrected chi connectivity index (χ0v) is 16.4. The molecule has 1 aromatic heterocycles. The minimum Gasteiger partial charge on any atom is -0.483 e. The van der Waals surface area contributed by atoms with E-state index in [0.717, 1.165) is 12.8 Å². The Balaban J connectivity index is 0.000000878. The largest absolute Gasteiger partial charge is 0.483 e. The number of H-pyrrole nitrogens is 1. The van der Waals surface area contributed by atoms with Crippen LogP contribution in [0, 0.1) is 19.8 Å². The van der Waals surface area contributed by atoms with Crippen LogP contribution in [0.4, 0.5) is 0 Å². The quantitative estimate of drug-likeness (QED) is 0.514. The van der Waals surface area contributed by atoms with Crippen molar-refractivity contribution in [3.63, 3.8) is 0 Å². The van der Waals surface area contributed by atoms with Crippen LogP contribution in [0.1, 0.15) is 51.9 Å². The van der Waals surface area contributed by atoms with E-state index in [9.17, 15) is 14.7 Å². The molecule has 1 aliphatic heterocycles. The predicted molar refractivity (Wildman–Crippen MR) is 99.3 cm³/mol. The van der Waals surface area contributed by atoms with Crippen molar-refractivity contribution in [2.75, 3.05) is 26.4 Å². The molecule has 3 rings (SSSR count). The summed E-state index contributed by atoms with van der Waals surface area (Å²) in [5.41, 5.74) is 2.15. The monoisotopic (exact) mass is 396 g/mol. The number of carbonyl (C=O) groups excluding carboxylic acids is 2. The number of aliphatic hydroxyl groups excluding tert-OH is 1. The Hall–Kier alpha value is -2.39. The van der Waals surface area contributed by atoms with Crippen molar-refractivity contribution < 1.29 is 34.1 Å². The molecule has 2 heterocycles. The van der Waals surface area contributed by atoms with Gasteiger partial charge in [0.15, 0.2) is 0 Å². The first-order valence-corrected chi connectivity index (χ1v) is 9.37. The molecule has 1 unspecified atom stereocenters. The molecule has 9 nitrogen and oxygen atoms in total. The number of nitrogens with zero attached hydrogens (tertiary/aromatic N) is 1. The molecule has 3 N–H and O–H groups in total. The summed E-state index contributed by atoms with van der Waals surface area (Å²) in [6.45, 7) is 6.47. The maximum Gasteiger partial charge on any atom is 0.340 e. The van der Waals surface area contributed by atoms with Gasteiger partial charge in [0.2, 0.25) is 0 Å². The summed E-state index contributed by atoms with van der Waals surface area (Å²) in [4.78, 5) is 38.5. The average Bonchev–Trinajstić information content (AvgIpc) is 3.22. The number of amides is 1. The molecule has 156 valence electrons. The van der Waals surface area contributed by atoms with E-state index in [1.807, 2.05) is 4.90 Å². The summed E-state index contributed by atoms with van der Waals surface area (Å²) in [5, 5.41) is 16.3. The van der Waals surface area contributed by atoms with Gasteiger partial charge in [-0.3, -0.25) is 9.59 Å². The fraction of sp³-hybridized carbons (Fsp3) is 0.632. The molecule has 1 saturated carbocycles. The first kappa shape index (κ1) is 21.9. The van der Waals surface area contributed by atoms with Crippen LogP contribution in [0.25, 0.3) is 0 Å². The molecule has 3 atom stereocenters. The van der Waals surface area contributed by atoms with Crippen LogP contribution in [0.2, 0.25) is 0 Å². The number of carboxylic acid groups (broad SMARTS) is 1. The van der Waals surface area contributed by atoms with Gasteiger partial charge in [-0.05, 0) is 45.1 Å². The van der Waals surface area contributed by atoms with E-state index in [0.29, 0.717) is 42.3 Å². The number of nitrogens with one attached hydrogen (secondary N) is 1. The van der Waals surface area contributed by atoms with Crippen molar-refractivity contribution in [3.05, 3.63) is 22.5 Å². The van der Waals surface area contributed by atoms with Gasteiger partial charge in [-0.15, -0.1) is 0 Å². The van der Waals surface area contributed by atoms with Crippen molar-refractivity contribution in [1.29, 1.82) is 0 Å². The fourth-order valence-corrected chi connectivity index (χ4v) is 4.07. The number of rotatable bonds is 4. The van der Waals surface area contributed by atoms with Gasteiger partial charge in [0.05, 0.1) is 30.9 Å². The van der Waals surface area contributed by atoms with E-state index in [2.05, 4.69) is 4.98 Å². The van der Waals surface area contributed by atoms with Crippen LogP contribution in [-0.4, -0.2) is 77.0 Å². The number of hydrogen-bond donors (Lipinski definition) is 3. The van der Waals surface area contributed by atoms with Gasteiger partial charge >= 0.3 is 5.97 Å². The summed E-state index contributed by atoms with van der Waals surface area (Å²) >= 11 is 0. The van der Waals surface area contributed by atoms with E-state index < -0.39 is 5.97 Å². The Kier molecular flexibility index (Phi) is 7.59. The normalized spacial score (nSPS) is 23.4. The third kappa shape index (κ3) is 4.36. The van der Waals surface area contributed by atoms with Gasteiger partial charge in [0, 0.05) is 18.8 Å². The Morgan fingerprint density at radius 2 is 2.04 bits per heavy atom. The molecular weight excluding hydrogens is 368 g/mol. The highest BCUT2D eigenvalue weighted by atomic mass is 16.5. The SMILES string of the molecule is CCOC(=O)c1c(C)[nH]c(C(=O)N2CCOC3C[C@H](CO)C[C@@H]32)c1C.O=CO. The molecule has 0 spiro atoms. The molecule has 2 aliphatic rings. The second-order valence-electron chi connectivity index (χ2n) is 6.95. The predicted octanol–water partition coefficient (Wildman–Crippen LogP) is 1.12. The highest BCUT2D eigenvalue weighted by molar-refractivity contribution is 6.00. The third-order valence-electron chi connectivity index (χ3n) is 5.28. The number of fused-ring (bicyclic) bond motifs is 1. The first-order valence-electron chi connectivity index (χ1n) is 9.37. The third-order valence-corrected chi connectivity index (χ3v) is 5.28. The highest BCUT2D eigenvalue weighted by Crippen LogP contribution is 2.35. The lowest BCUT2D eigenvalue weighted by atomic mass is 10.1. The fourth-order valence-electron chi connectivity index (χ4n) is 4.07. The second-order valence-corrected chi connectivity index (χ2v) is 6.95. The smallest absolute Gasteiger partial charge is 0.340 e. The van der Waals surface area contributed by atoms with E-state index in [-0.39, 0.29) is 37.0 Å². The Morgan fingerprint density at radius 1 is 1.36 bits per heavy atom. The topological polar surface area (TPSA) is 129 Å². The van der Waals surface area contributed by atoms with E-state index in [1.165, 1.54) is 0 Å². The standard InChI is InChI=1S/C18H26N2O5.CH2O2/c1-4-24-18(23)15-10(2)16(19-11(15)3)17(22)20-5-6-25-14-8-12(9-21)7-13(14)20;2-1-3/h12-14,19,21H,4-9H2,1-3H3;1H,(H,2,3)/t12-,13+,14?;/m1./s1. The summed E-state index contributed by atoms with van der Waals surface area (Å²) in [7, 11) is 0. The minimum atomic E-state index is -0.408. The van der Waals surface area contributed by atoms with Crippen LogP contribution in [0.3, 0.4) is 0 Å². The number of esters is 1. The van der Waals surface area contributed by atoms with Gasteiger partial charge in [-0.2, -0.15) is 0 Å². The molecule has 1 amide bonds. The van der Waals surface area contributed by atoms with Gasteiger partial charge in [0.25, 0.3) is 12.4 Å². The molecule has 28 heavy (non-hydrogen) atoms.